The van der Waals surface area contributed by atoms with Gasteiger partial charge in [-0.2, -0.15) is 0 Å². The van der Waals surface area contributed by atoms with Crippen molar-refractivity contribution in [3.63, 3.8) is 0 Å². The Morgan fingerprint density at radius 3 is 1.53 bits per heavy atom. The average molecular weight is 930 g/mol. The molecule has 73 heavy (non-hydrogen) atoms. The summed E-state index contributed by atoms with van der Waals surface area (Å²) in [5.74, 6) is 0. The molecule has 12 aromatic rings. The Kier molecular flexibility index (Phi) is 11.2. The Balaban J connectivity index is 1.07. The predicted octanol–water partition coefficient (Wildman–Crippen LogP) is 18.9. The number of rotatable bonds is 11. The van der Waals surface area contributed by atoms with E-state index < -0.39 is 5.41 Å². The Labute approximate surface area is 428 Å². The van der Waals surface area contributed by atoms with Gasteiger partial charge in [0.25, 0.3) is 0 Å². The second-order valence-corrected chi connectivity index (χ2v) is 19.1. The molecule has 0 radical (unpaired) electrons. The molecule has 0 saturated heterocycles. The molecular formula is C72H51N. The predicted molar refractivity (Wildman–Crippen MR) is 307 cm³/mol. The lowest BCUT2D eigenvalue weighted by atomic mass is 9.67. The average Bonchev–Trinajstić information content (AvgIpc) is 3.77. The van der Waals surface area contributed by atoms with Crippen LogP contribution in [0.2, 0.25) is 0 Å². The Morgan fingerprint density at radius 1 is 0.288 bits per heavy atom. The van der Waals surface area contributed by atoms with Crippen LogP contribution in [0.5, 0.6) is 0 Å². The number of fused-ring (bicyclic) bond motifs is 4. The first-order valence-electron chi connectivity index (χ1n) is 25.4. The summed E-state index contributed by atoms with van der Waals surface area (Å²) >= 11 is 0. The molecule has 0 aliphatic heterocycles. The Hall–Kier alpha value is -9.30. The van der Waals surface area contributed by atoms with Crippen molar-refractivity contribution < 1.29 is 0 Å². The lowest BCUT2D eigenvalue weighted by molar-refractivity contribution is 0.768. The molecule has 1 aliphatic carbocycles. The summed E-state index contributed by atoms with van der Waals surface area (Å²) in [6.45, 7) is 0. The highest BCUT2D eigenvalue weighted by Gasteiger charge is 2.46. The van der Waals surface area contributed by atoms with Crippen molar-refractivity contribution in [2.24, 2.45) is 0 Å². The van der Waals surface area contributed by atoms with E-state index in [4.69, 9.17) is 0 Å². The van der Waals surface area contributed by atoms with Crippen LogP contribution < -0.4 is 4.90 Å². The summed E-state index contributed by atoms with van der Waals surface area (Å²) in [5, 5.41) is 2.46. The molecule has 13 rings (SSSR count). The molecule has 0 atom stereocenters. The number of anilines is 3. The van der Waals surface area contributed by atoms with E-state index in [0.29, 0.717) is 0 Å². The van der Waals surface area contributed by atoms with Gasteiger partial charge in [-0.05, 0) is 131 Å². The van der Waals surface area contributed by atoms with Crippen LogP contribution in [0.1, 0.15) is 33.4 Å². The number of hydrogen-bond donors (Lipinski definition) is 0. The van der Waals surface area contributed by atoms with Crippen LogP contribution in [0.25, 0.3) is 66.4 Å². The summed E-state index contributed by atoms with van der Waals surface area (Å²) < 4.78 is 0. The molecule has 0 heterocycles. The van der Waals surface area contributed by atoms with Crippen LogP contribution in [0, 0.1) is 0 Å². The lowest BCUT2D eigenvalue weighted by Crippen LogP contribution is -2.28. The summed E-state index contributed by atoms with van der Waals surface area (Å²) in [6.07, 6.45) is 0.740. The van der Waals surface area contributed by atoms with Crippen LogP contribution in [0.3, 0.4) is 0 Å². The van der Waals surface area contributed by atoms with Crippen molar-refractivity contribution in [2.75, 3.05) is 4.90 Å². The number of para-hydroxylation sites is 1. The first-order valence-corrected chi connectivity index (χ1v) is 25.4. The van der Waals surface area contributed by atoms with Gasteiger partial charge in [0.05, 0.1) is 11.1 Å². The van der Waals surface area contributed by atoms with Crippen molar-refractivity contribution in [1.29, 1.82) is 0 Å². The van der Waals surface area contributed by atoms with Gasteiger partial charge in [0.1, 0.15) is 0 Å². The van der Waals surface area contributed by atoms with E-state index in [-0.39, 0.29) is 0 Å². The minimum atomic E-state index is -0.566. The standard InChI is InChI=1S/C72H51N/c1-5-24-51(25-6-1)60-37-15-14-29-55(60)49-68-62(52-26-7-2-8-27-52)42-23-43-64(68)67-40-18-20-45-71(67)73(58-36-21-31-54(48-58)63-41-22-30-53-28-13-16-38-61(53)63)59-46-47-66-65-39-17-19-44-69(65)72(70(66)50-59,56-32-9-3-10-33-56)57-34-11-4-12-35-57/h1-48,50H,49H2. The van der Waals surface area contributed by atoms with Crippen LogP contribution in [0.15, 0.2) is 297 Å². The van der Waals surface area contributed by atoms with Gasteiger partial charge in [0.2, 0.25) is 0 Å². The molecule has 0 saturated carbocycles. The van der Waals surface area contributed by atoms with Gasteiger partial charge in [-0.3, -0.25) is 0 Å². The maximum atomic E-state index is 2.52. The maximum Gasteiger partial charge on any atom is 0.0714 e. The Bertz CT molecular complexity index is 3890. The zero-order chi connectivity index (χ0) is 48.6. The molecule has 0 unspecified atom stereocenters. The first kappa shape index (κ1) is 43.7. The number of nitrogens with zero attached hydrogens (tertiary/aromatic N) is 1. The van der Waals surface area contributed by atoms with E-state index in [0.717, 1.165) is 34.6 Å². The van der Waals surface area contributed by atoms with Crippen LogP contribution >= 0.6 is 0 Å². The largest absolute Gasteiger partial charge is 0.310 e. The summed E-state index contributed by atoms with van der Waals surface area (Å²) in [4.78, 5) is 2.52. The molecule has 0 fully saturated rings. The van der Waals surface area contributed by atoms with Gasteiger partial charge in [0.15, 0.2) is 0 Å². The van der Waals surface area contributed by atoms with Gasteiger partial charge < -0.3 is 4.90 Å². The van der Waals surface area contributed by atoms with Gasteiger partial charge in [-0.25, -0.2) is 0 Å². The quantitative estimate of drug-likeness (QED) is 0.125. The van der Waals surface area contributed by atoms with E-state index in [1.807, 2.05) is 0 Å². The van der Waals surface area contributed by atoms with E-state index in [1.54, 1.807) is 0 Å². The van der Waals surface area contributed by atoms with E-state index in [2.05, 4.69) is 302 Å². The smallest absolute Gasteiger partial charge is 0.0714 e. The highest BCUT2D eigenvalue weighted by molar-refractivity contribution is 5.99. The van der Waals surface area contributed by atoms with E-state index >= 15 is 0 Å². The molecule has 1 heteroatoms. The second kappa shape index (κ2) is 18.8. The van der Waals surface area contributed by atoms with Crippen LogP contribution in [-0.4, -0.2) is 0 Å². The third kappa shape index (κ3) is 7.66. The molecule has 0 aromatic heterocycles. The first-order chi connectivity index (χ1) is 36.2. The van der Waals surface area contributed by atoms with Crippen molar-refractivity contribution in [1.82, 2.24) is 0 Å². The van der Waals surface area contributed by atoms with E-state index in [1.165, 1.54) is 88.7 Å². The zero-order valence-corrected chi connectivity index (χ0v) is 40.4. The minimum absolute atomic E-state index is 0.566. The molecule has 0 spiro atoms. The highest BCUT2D eigenvalue weighted by Crippen LogP contribution is 2.58. The fourth-order valence-electron chi connectivity index (χ4n) is 11.9. The van der Waals surface area contributed by atoms with Crippen LogP contribution in [0.4, 0.5) is 17.1 Å². The molecular weight excluding hydrogens is 879 g/mol. The van der Waals surface area contributed by atoms with Crippen molar-refractivity contribution in [3.8, 4) is 55.6 Å². The summed E-state index contributed by atoms with van der Waals surface area (Å²) in [5.41, 5.74) is 22.4. The highest BCUT2D eigenvalue weighted by atomic mass is 15.1. The molecule has 1 nitrogen and oxygen atoms in total. The fourth-order valence-corrected chi connectivity index (χ4v) is 11.9. The summed E-state index contributed by atoms with van der Waals surface area (Å²) in [6, 6.07) is 110. The maximum absolute atomic E-state index is 2.52. The minimum Gasteiger partial charge on any atom is -0.310 e. The SMILES string of the molecule is c1ccc(-c2ccccc2Cc2c(-c3ccccc3)cccc2-c2ccccc2N(c2cccc(-c3cccc4ccccc34)c2)c2ccc3c(c2)C(c2ccccc2)(c2ccccc2)c2ccccc2-3)cc1. The third-order valence-electron chi connectivity index (χ3n) is 15.1. The fraction of sp³-hybridized carbons (Fsp3) is 0.0278. The summed E-state index contributed by atoms with van der Waals surface area (Å²) in [7, 11) is 0. The molecule has 1 aliphatic rings. The lowest BCUT2D eigenvalue weighted by Gasteiger charge is -2.35. The molecule has 0 bridgehead atoms. The zero-order valence-electron chi connectivity index (χ0n) is 40.4. The van der Waals surface area contributed by atoms with Crippen molar-refractivity contribution in [2.45, 2.75) is 11.8 Å². The molecule has 12 aromatic carbocycles. The molecule has 0 N–H and O–H groups in total. The van der Waals surface area contributed by atoms with Gasteiger partial charge in [-0.15, -0.1) is 0 Å². The Morgan fingerprint density at radius 2 is 0.781 bits per heavy atom. The number of benzene rings is 12. The van der Waals surface area contributed by atoms with Crippen molar-refractivity contribution >= 4 is 27.8 Å². The monoisotopic (exact) mass is 929 g/mol. The normalized spacial score (nSPS) is 12.3. The topological polar surface area (TPSA) is 3.24 Å². The van der Waals surface area contributed by atoms with E-state index in [9.17, 15) is 0 Å². The molecule has 0 amide bonds. The number of hydrogen-bond acceptors (Lipinski definition) is 1. The third-order valence-corrected chi connectivity index (χ3v) is 15.1. The van der Waals surface area contributed by atoms with Crippen LogP contribution in [-0.2, 0) is 11.8 Å². The van der Waals surface area contributed by atoms with Gasteiger partial charge in [-0.1, -0.05) is 267 Å². The molecule has 344 valence electrons. The van der Waals surface area contributed by atoms with Gasteiger partial charge >= 0.3 is 0 Å². The van der Waals surface area contributed by atoms with Gasteiger partial charge in [0, 0.05) is 16.9 Å². The van der Waals surface area contributed by atoms with Crippen molar-refractivity contribution in [3.05, 3.63) is 331 Å². The second-order valence-electron chi connectivity index (χ2n) is 19.1.